The minimum atomic E-state index is -0.190. The van der Waals surface area contributed by atoms with Crippen LogP contribution in [0.25, 0.3) is 11.5 Å². The normalized spacial score (nSPS) is 10.7. The lowest BCUT2D eigenvalue weighted by atomic mass is 10.2. The van der Waals surface area contributed by atoms with E-state index in [2.05, 4.69) is 10.4 Å². The van der Waals surface area contributed by atoms with Crippen LogP contribution in [0.3, 0.4) is 0 Å². The van der Waals surface area contributed by atoms with Gasteiger partial charge in [-0.05, 0) is 42.8 Å². The van der Waals surface area contributed by atoms with Crippen LogP contribution in [0.2, 0.25) is 0 Å². The van der Waals surface area contributed by atoms with Crippen LogP contribution in [-0.2, 0) is 0 Å². The number of nitrogens with zero attached hydrogens (tertiary/aromatic N) is 3. The molecule has 0 aliphatic rings. The highest BCUT2D eigenvalue weighted by atomic mass is 16.1. The summed E-state index contributed by atoms with van der Waals surface area (Å²) < 4.78 is 3.67. The predicted octanol–water partition coefficient (Wildman–Crippen LogP) is 4.22. The predicted molar refractivity (Wildman–Crippen MR) is 102 cm³/mol. The molecule has 1 N–H and O–H groups in total. The number of nitrogens with one attached hydrogen (secondary N) is 1. The lowest BCUT2D eigenvalue weighted by Crippen LogP contribution is -2.15. The third-order valence-electron chi connectivity index (χ3n) is 4.23. The summed E-state index contributed by atoms with van der Waals surface area (Å²) >= 11 is 0. The first-order valence-corrected chi connectivity index (χ1v) is 8.38. The molecule has 0 spiro atoms. The fourth-order valence-electron chi connectivity index (χ4n) is 2.89. The van der Waals surface area contributed by atoms with Crippen LogP contribution in [0.5, 0.6) is 0 Å². The zero-order valence-electron chi connectivity index (χ0n) is 14.3. The number of carbonyl (C=O) groups is 1. The summed E-state index contributed by atoms with van der Waals surface area (Å²) in [5.41, 5.74) is 3.21. The van der Waals surface area contributed by atoms with Crippen molar-refractivity contribution in [2.45, 2.75) is 6.92 Å². The number of para-hydroxylation sites is 2. The second-order valence-corrected chi connectivity index (χ2v) is 5.99. The van der Waals surface area contributed by atoms with Crippen LogP contribution in [0.15, 0.2) is 85.3 Å². The van der Waals surface area contributed by atoms with Gasteiger partial charge in [-0.3, -0.25) is 4.79 Å². The number of carbonyl (C=O) groups excluding carboxylic acids is 1. The van der Waals surface area contributed by atoms with Crippen molar-refractivity contribution in [3.63, 3.8) is 0 Å². The van der Waals surface area contributed by atoms with Crippen LogP contribution in [0, 0.1) is 6.92 Å². The molecule has 0 atom stereocenters. The molecule has 0 fully saturated rings. The van der Waals surface area contributed by atoms with Crippen LogP contribution in [0.1, 0.15) is 15.9 Å². The monoisotopic (exact) mass is 342 g/mol. The van der Waals surface area contributed by atoms with Gasteiger partial charge in [-0.15, -0.1) is 0 Å². The number of hydrogen-bond donors (Lipinski definition) is 1. The fourth-order valence-corrected chi connectivity index (χ4v) is 2.89. The number of benzene rings is 2. The molecule has 1 amide bonds. The molecule has 0 saturated heterocycles. The van der Waals surface area contributed by atoms with Gasteiger partial charge in [0, 0.05) is 18.1 Å². The quantitative estimate of drug-likeness (QED) is 0.603. The molecule has 26 heavy (non-hydrogen) atoms. The topological polar surface area (TPSA) is 51.9 Å². The van der Waals surface area contributed by atoms with Gasteiger partial charge in [0.05, 0.1) is 11.9 Å². The van der Waals surface area contributed by atoms with Gasteiger partial charge < -0.3 is 9.88 Å². The van der Waals surface area contributed by atoms with Crippen LogP contribution in [-0.4, -0.2) is 20.3 Å². The third kappa shape index (κ3) is 2.91. The van der Waals surface area contributed by atoms with Gasteiger partial charge in [-0.1, -0.05) is 36.4 Å². The van der Waals surface area contributed by atoms with Crippen molar-refractivity contribution in [1.29, 1.82) is 0 Å². The molecule has 2 heterocycles. The van der Waals surface area contributed by atoms with Gasteiger partial charge in [0.15, 0.2) is 5.82 Å². The van der Waals surface area contributed by atoms with Gasteiger partial charge in [0.25, 0.3) is 5.91 Å². The van der Waals surface area contributed by atoms with Crippen LogP contribution in [0.4, 0.5) is 5.69 Å². The molecule has 0 unspecified atom stereocenters. The average Bonchev–Trinajstić information content (AvgIpc) is 3.33. The number of aryl methyl sites for hydroxylation is 1. The highest BCUT2D eigenvalue weighted by Crippen LogP contribution is 2.22. The van der Waals surface area contributed by atoms with E-state index in [-0.39, 0.29) is 5.91 Å². The Morgan fingerprint density at radius 3 is 2.35 bits per heavy atom. The maximum atomic E-state index is 12.9. The summed E-state index contributed by atoms with van der Waals surface area (Å²) in [5, 5.41) is 7.45. The third-order valence-corrected chi connectivity index (χ3v) is 4.23. The molecule has 2 aromatic heterocycles. The molecule has 128 valence electrons. The summed E-state index contributed by atoms with van der Waals surface area (Å²) in [4.78, 5) is 12.9. The smallest absolute Gasteiger partial charge is 0.261 e. The second kappa shape index (κ2) is 6.72. The number of hydrogen-bond acceptors (Lipinski definition) is 2. The Hall–Kier alpha value is -3.60. The Bertz CT molecular complexity index is 1030. The van der Waals surface area contributed by atoms with Crippen molar-refractivity contribution in [3.05, 3.63) is 96.4 Å². The lowest BCUT2D eigenvalue weighted by molar-refractivity contribution is 0.102. The fraction of sp³-hybridized carbons (Fsp3) is 0.0476. The van der Waals surface area contributed by atoms with Crippen molar-refractivity contribution in [2.75, 3.05) is 5.32 Å². The number of amides is 1. The van der Waals surface area contributed by atoms with Gasteiger partial charge in [-0.2, -0.15) is 5.10 Å². The first kappa shape index (κ1) is 15.9. The van der Waals surface area contributed by atoms with Crippen molar-refractivity contribution < 1.29 is 4.79 Å². The summed E-state index contributed by atoms with van der Waals surface area (Å²) in [6.45, 7) is 1.97. The Morgan fingerprint density at radius 1 is 0.923 bits per heavy atom. The van der Waals surface area contributed by atoms with Crippen LogP contribution >= 0.6 is 0 Å². The van der Waals surface area contributed by atoms with Crippen molar-refractivity contribution in [1.82, 2.24) is 14.3 Å². The van der Waals surface area contributed by atoms with Crippen LogP contribution < -0.4 is 5.32 Å². The zero-order valence-corrected chi connectivity index (χ0v) is 14.3. The summed E-state index contributed by atoms with van der Waals surface area (Å²) in [6.07, 6.45) is 5.41. The van der Waals surface area contributed by atoms with Gasteiger partial charge in [-0.25, -0.2) is 4.68 Å². The largest absolute Gasteiger partial charge is 0.322 e. The standard InChI is InChI=1S/C21H18N4O/c1-16-9-5-6-12-19(16)23-20(26)18-15-22-25(17-10-3-2-4-11-17)21(18)24-13-7-8-14-24/h2-15H,1H3,(H,23,26). The second-order valence-electron chi connectivity index (χ2n) is 5.99. The first-order chi connectivity index (χ1) is 12.7. The SMILES string of the molecule is Cc1ccccc1NC(=O)c1cnn(-c2ccccc2)c1-n1cccc1. The molecule has 5 nitrogen and oxygen atoms in total. The van der Waals surface area contributed by atoms with E-state index in [4.69, 9.17) is 0 Å². The molecule has 5 heteroatoms. The summed E-state index contributed by atoms with van der Waals surface area (Å²) in [5.74, 6) is 0.512. The van der Waals surface area contributed by atoms with E-state index in [0.29, 0.717) is 11.4 Å². The summed E-state index contributed by atoms with van der Waals surface area (Å²) in [7, 11) is 0. The van der Waals surface area contributed by atoms with Gasteiger partial charge in [0.2, 0.25) is 0 Å². The summed E-state index contributed by atoms with van der Waals surface area (Å²) in [6, 6.07) is 21.3. The molecular weight excluding hydrogens is 324 g/mol. The maximum Gasteiger partial charge on any atom is 0.261 e. The lowest BCUT2D eigenvalue weighted by Gasteiger charge is -2.12. The Balaban J connectivity index is 1.78. The average molecular weight is 342 g/mol. The van der Waals surface area contributed by atoms with E-state index >= 15 is 0 Å². The minimum Gasteiger partial charge on any atom is -0.322 e. The number of aromatic nitrogens is 3. The maximum absolute atomic E-state index is 12.9. The molecule has 0 bridgehead atoms. The zero-order chi connectivity index (χ0) is 17.9. The molecule has 2 aromatic carbocycles. The molecule has 0 saturated carbocycles. The number of rotatable bonds is 4. The van der Waals surface area contributed by atoms with Crippen molar-refractivity contribution >= 4 is 11.6 Å². The van der Waals surface area contributed by atoms with E-state index in [9.17, 15) is 4.79 Å². The molecule has 4 aromatic rings. The minimum absolute atomic E-state index is 0.190. The van der Waals surface area contributed by atoms with E-state index < -0.39 is 0 Å². The molecule has 0 aliphatic carbocycles. The molecule has 0 radical (unpaired) electrons. The van der Waals surface area contributed by atoms with Gasteiger partial charge in [0.1, 0.15) is 5.56 Å². The number of anilines is 1. The Kier molecular flexibility index (Phi) is 4.11. The van der Waals surface area contributed by atoms with E-state index in [1.54, 1.807) is 10.9 Å². The highest BCUT2D eigenvalue weighted by molar-refractivity contribution is 6.06. The molecular formula is C21H18N4O. The highest BCUT2D eigenvalue weighted by Gasteiger charge is 2.20. The van der Waals surface area contributed by atoms with E-state index in [0.717, 1.165) is 16.9 Å². The van der Waals surface area contributed by atoms with Crippen molar-refractivity contribution in [2.24, 2.45) is 0 Å². The van der Waals surface area contributed by atoms with E-state index in [1.807, 2.05) is 90.6 Å². The first-order valence-electron chi connectivity index (χ1n) is 8.38. The van der Waals surface area contributed by atoms with Gasteiger partial charge >= 0.3 is 0 Å². The van der Waals surface area contributed by atoms with Crippen molar-refractivity contribution in [3.8, 4) is 11.5 Å². The molecule has 0 aliphatic heterocycles. The molecule has 4 rings (SSSR count). The van der Waals surface area contributed by atoms with E-state index in [1.165, 1.54) is 0 Å². The Labute approximate surface area is 151 Å². The Morgan fingerprint density at radius 2 is 1.62 bits per heavy atom.